The smallest absolute Gasteiger partial charge is 0.0700 e. The van der Waals surface area contributed by atoms with E-state index in [0.717, 1.165) is 31.1 Å². The zero-order valence-electron chi connectivity index (χ0n) is 8.08. The molecule has 1 N–H and O–H groups in total. The summed E-state index contributed by atoms with van der Waals surface area (Å²) >= 11 is 1.80. The SMILES string of the molecule is C#CCSCCNC1CCOC1C. The van der Waals surface area contributed by atoms with E-state index in [0.29, 0.717) is 12.1 Å². The first-order valence-corrected chi connectivity index (χ1v) is 5.86. The van der Waals surface area contributed by atoms with Crippen LogP contribution >= 0.6 is 11.8 Å². The summed E-state index contributed by atoms with van der Waals surface area (Å²) in [4.78, 5) is 0. The highest BCUT2D eigenvalue weighted by Crippen LogP contribution is 2.12. The van der Waals surface area contributed by atoms with Crippen LogP contribution in [0.25, 0.3) is 0 Å². The van der Waals surface area contributed by atoms with E-state index in [1.165, 1.54) is 0 Å². The van der Waals surface area contributed by atoms with Gasteiger partial charge in [0.25, 0.3) is 0 Å². The fraction of sp³-hybridized carbons (Fsp3) is 0.800. The molecule has 0 bridgehead atoms. The lowest BCUT2D eigenvalue weighted by atomic mass is 10.2. The molecule has 3 heteroatoms. The van der Waals surface area contributed by atoms with Gasteiger partial charge >= 0.3 is 0 Å². The molecule has 2 nitrogen and oxygen atoms in total. The van der Waals surface area contributed by atoms with Gasteiger partial charge in [-0.1, -0.05) is 5.92 Å². The predicted octanol–water partition coefficient (Wildman–Crippen LogP) is 1.12. The topological polar surface area (TPSA) is 21.3 Å². The minimum absolute atomic E-state index is 0.373. The van der Waals surface area contributed by atoms with E-state index in [1.54, 1.807) is 11.8 Å². The number of terminal acetylenes is 1. The molecule has 1 rings (SSSR count). The van der Waals surface area contributed by atoms with Gasteiger partial charge in [0.2, 0.25) is 0 Å². The lowest BCUT2D eigenvalue weighted by Crippen LogP contribution is -2.36. The number of nitrogens with one attached hydrogen (secondary N) is 1. The molecule has 0 aliphatic carbocycles. The fourth-order valence-electron chi connectivity index (χ4n) is 1.45. The van der Waals surface area contributed by atoms with Crippen molar-refractivity contribution in [3.05, 3.63) is 0 Å². The van der Waals surface area contributed by atoms with E-state index in [2.05, 4.69) is 18.2 Å². The standard InChI is InChI=1S/C10H17NOS/c1-3-7-13-8-5-11-10-4-6-12-9(10)2/h1,9-11H,4-8H2,2H3. The summed E-state index contributed by atoms with van der Waals surface area (Å²) in [5.74, 6) is 4.52. The molecule has 0 aromatic rings. The van der Waals surface area contributed by atoms with Crippen LogP contribution in [-0.4, -0.2) is 36.8 Å². The van der Waals surface area contributed by atoms with Crippen molar-refractivity contribution in [1.29, 1.82) is 0 Å². The van der Waals surface area contributed by atoms with Crippen molar-refractivity contribution < 1.29 is 4.74 Å². The van der Waals surface area contributed by atoms with E-state index in [1.807, 2.05) is 0 Å². The van der Waals surface area contributed by atoms with Gasteiger partial charge in [0.1, 0.15) is 0 Å². The lowest BCUT2D eigenvalue weighted by Gasteiger charge is -2.15. The largest absolute Gasteiger partial charge is 0.377 e. The molecule has 0 amide bonds. The number of hydrogen-bond acceptors (Lipinski definition) is 3. The third-order valence-electron chi connectivity index (χ3n) is 2.21. The molecule has 2 unspecified atom stereocenters. The molecule has 0 spiro atoms. The predicted molar refractivity (Wildman–Crippen MR) is 58.0 cm³/mol. The average molecular weight is 199 g/mol. The van der Waals surface area contributed by atoms with Crippen LogP contribution in [0, 0.1) is 12.3 Å². The number of rotatable bonds is 5. The van der Waals surface area contributed by atoms with Crippen LogP contribution in [0.5, 0.6) is 0 Å². The Morgan fingerprint density at radius 1 is 1.69 bits per heavy atom. The Balaban J connectivity index is 1.96. The van der Waals surface area contributed by atoms with Gasteiger partial charge in [0.15, 0.2) is 0 Å². The molecule has 13 heavy (non-hydrogen) atoms. The van der Waals surface area contributed by atoms with E-state index < -0.39 is 0 Å². The summed E-state index contributed by atoms with van der Waals surface area (Å²) in [6.45, 7) is 4.06. The third-order valence-corrected chi connectivity index (χ3v) is 3.08. The summed E-state index contributed by atoms with van der Waals surface area (Å²) in [6.07, 6.45) is 6.66. The molecule has 0 saturated carbocycles. The Hall–Kier alpha value is -0.170. The van der Waals surface area contributed by atoms with Crippen molar-refractivity contribution in [2.24, 2.45) is 0 Å². The molecule has 1 saturated heterocycles. The van der Waals surface area contributed by atoms with Crippen LogP contribution in [0.4, 0.5) is 0 Å². The zero-order chi connectivity index (χ0) is 9.52. The van der Waals surface area contributed by atoms with Gasteiger partial charge in [-0.15, -0.1) is 18.2 Å². The monoisotopic (exact) mass is 199 g/mol. The van der Waals surface area contributed by atoms with Crippen molar-refractivity contribution in [3.8, 4) is 12.3 Å². The van der Waals surface area contributed by atoms with Crippen molar-refractivity contribution in [2.45, 2.75) is 25.5 Å². The average Bonchev–Trinajstić information content (AvgIpc) is 2.52. The molecule has 2 atom stereocenters. The highest BCUT2D eigenvalue weighted by atomic mass is 32.2. The molecule has 1 heterocycles. The summed E-state index contributed by atoms with van der Waals surface area (Å²) in [6, 6.07) is 0.548. The van der Waals surface area contributed by atoms with Crippen molar-refractivity contribution in [3.63, 3.8) is 0 Å². The van der Waals surface area contributed by atoms with E-state index in [4.69, 9.17) is 11.2 Å². The van der Waals surface area contributed by atoms with Gasteiger partial charge in [-0.05, 0) is 13.3 Å². The van der Waals surface area contributed by atoms with Crippen LogP contribution in [0.1, 0.15) is 13.3 Å². The Labute approximate surface area is 84.8 Å². The Bertz CT molecular complexity index is 178. The maximum absolute atomic E-state index is 5.44. The Kier molecular flexibility index (Phi) is 5.29. The molecule has 0 aromatic heterocycles. The maximum atomic E-state index is 5.44. The molecule has 1 aliphatic heterocycles. The van der Waals surface area contributed by atoms with E-state index in [9.17, 15) is 0 Å². The summed E-state index contributed by atoms with van der Waals surface area (Å²) in [7, 11) is 0. The van der Waals surface area contributed by atoms with Crippen LogP contribution in [0.15, 0.2) is 0 Å². The normalized spacial score (nSPS) is 27.4. The van der Waals surface area contributed by atoms with Gasteiger partial charge in [-0.25, -0.2) is 0 Å². The zero-order valence-corrected chi connectivity index (χ0v) is 8.90. The molecular formula is C10H17NOS. The van der Waals surface area contributed by atoms with Crippen molar-refractivity contribution >= 4 is 11.8 Å². The lowest BCUT2D eigenvalue weighted by molar-refractivity contribution is 0.113. The van der Waals surface area contributed by atoms with Gasteiger partial charge < -0.3 is 10.1 Å². The number of hydrogen-bond donors (Lipinski definition) is 1. The van der Waals surface area contributed by atoms with Crippen LogP contribution in [0.2, 0.25) is 0 Å². The van der Waals surface area contributed by atoms with Crippen molar-refractivity contribution in [1.82, 2.24) is 5.32 Å². The molecule has 74 valence electrons. The fourth-order valence-corrected chi connectivity index (χ4v) is 1.97. The molecule has 1 aliphatic rings. The summed E-state index contributed by atoms with van der Waals surface area (Å²) < 4.78 is 5.44. The first kappa shape index (κ1) is 10.9. The van der Waals surface area contributed by atoms with E-state index in [-0.39, 0.29) is 0 Å². The maximum Gasteiger partial charge on any atom is 0.0700 e. The minimum atomic E-state index is 0.373. The van der Waals surface area contributed by atoms with Crippen LogP contribution in [0.3, 0.4) is 0 Å². The van der Waals surface area contributed by atoms with Crippen LogP contribution in [-0.2, 0) is 4.74 Å². The molecule has 1 fully saturated rings. The molecule has 0 radical (unpaired) electrons. The summed E-state index contributed by atoms with van der Waals surface area (Å²) in [5.41, 5.74) is 0. The number of ether oxygens (including phenoxy) is 1. The highest BCUT2D eigenvalue weighted by Gasteiger charge is 2.22. The van der Waals surface area contributed by atoms with Crippen LogP contribution < -0.4 is 5.32 Å². The first-order chi connectivity index (χ1) is 6.34. The van der Waals surface area contributed by atoms with Gasteiger partial charge in [-0.3, -0.25) is 0 Å². The Morgan fingerprint density at radius 3 is 3.15 bits per heavy atom. The Morgan fingerprint density at radius 2 is 2.54 bits per heavy atom. The molecule has 0 aromatic carbocycles. The highest BCUT2D eigenvalue weighted by molar-refractivity contribution is 7.99. The second-order valence-electron chi connectivity index (χ2n) is 3.18. The van der Waals surface area contributed by atoms with Gasteiger partial charge in [0.05, 0.1) is 11.9 Å². The number of thioether (sulfide) groups is 1. The second-order valence-corrected chi connectivity index (χ2v) is 4.29. The quantitative estimate of drug-likeness (QED) is 0.529. The second kappa shape index (κ2) is 6.31. The van der Waals surface area contributed by atoms with Crippen molar-refractivity contribution in [2.75, 3.05) is 24.7 Å². The van der Waals surface area contributed by atoms with Gasteiger partial charge in [0, 0.05) is 24.9 Å². The van der Waals surface area contributed by atoms with Gasteiger partial charge in [-0.2, -0.15) is 0 Å². The van der Waals surface area contributed by atoms with E-state index >= 15 is 0 Å². The molecular weight excluding hydrogens is 182 g/mol. The summed E-state index contributed by atoms with van der Waals surface area (Å²) in [5, 5.41) is 3.48. The third kappa shape index (κ3) is 4.04. The minimum Gasteiger partial charge on any atom is -0.377 e. The first-order valence-electron chi connectivity index (χ1n) is 4.71.